The highest BCUT2D eigenvalue weighted by Crippen LogP contribution is 2.29. The number of rotatable bonds is 0. The highest BCUT2D eigenvalue weighted by atomic mass is 16.5. The summed E-state index contributed by atoms with van der Waals surface area (Å²) in [5.41, 5.74) is 1.90. The monoisotopic (exact) mass is 191 g/mol. The molecule has 1 unspecified atom stereocenters. The normalized spacial score (nSPS) is 20.4. The number of nitrogens with one attached hydrogen (secondary N) is 1. The van der Waals surface area contributed by atoms with Gasteiger partial charge in [0.25, 0.3) is 0 Å². The van der Waals surface area contributed by atoms with Crippen LogP contribution >= 0.6 is 0 Å². The number of hydrogen-bond donors (Lipinski definition) is 1. The van der Waals surface area contributed by atoms with Crippen LogP contribution in [0.25, 0.3) is 0 Å². The van der Waals surface area contributed by atoms with Gasteiger partial charge in [-0.05, 0) is 31.5 Å². The number of amides is 1. The van der Waals surface area contributed by atoms with Crippen LogP contribution in [0.4, 0.5) is 5.69 Å². The third-order valence-corrected chi connectivity index (χ3v) is 2.21. The lowest BCUT2D eigenvalue weighted by Crippen LogP contribution is -2.17. The van der Waals surface area contributed by atoms with E-state index in [4.69, 9.17) is 4.74 Å². The maximum atomic E-state index is 11.4. The number of fused-ring (bicyclic) bond motifs is 1. The molecule has 1 N–H and O–H groups in total. The lowest BCUT2D eigenvalue weighted by atomic mass is 10.2. The third-order valence-electron chi connectivity index (χ3n) is 2.21. The van der Waals surface area contributed by atoms with Gasteiger partial charge in [0.1, 0.15) is 11.9 Å². The standard InChI is InChI=1S/C11H13NO2/c1-7-3-4-9-10(5-7)14-8(2)6-11(13)12-9/h3-5,8H,6H2,1-2H3,(H,12,13). The van der Waals surface area contributed by atoms with Gasteiger partial charge < -0.3 is 10.1 Å². The van der Waals surface area contributed by atoms with Crippen molar-refractivity contribution in [2.45, 2.75) is 26.4 Å². The van der Waals surface area contributed by atoms with E-state index in [1.54, 1.807) is 0 Å². The summed E-state index contributed by atoms with van der Waals surface area (Å²) < 4.78 is 5.62. The maximum Gasteiger partial charge on any atom is 0.228 e. The van der Waals surface area contributed by atoms with Gasteiger partial charge in [0.2, 0.25) is 5.91 Å². The second kappa shape index (κ2) is 3.33. The largest absolute Gasteiger partial charge is 0.488 e. The van der Waals surface area contributed by atoms with Crippen molar-refractivity contribution in [3.05, 3.63) is 23.8 Å². The Hall–Kier alpha value is -1.51. The van der Waals surface area contributed by atoms with Crippen molar-refractivity contribution in [1.82, 2.24) is 0 Å². The fourth-order valence-corrected chi connectivity index (χ4v) is 1.55. The SMILES string of the molecule is Cc1ccc2c(c1)OC(C)CC(=O)N2. The Labute approximate surface area is 83.1 Å². The number of carbonyl (C=O) groups is 1. The molecule has 1 aliphatic rings. The number of benzene rings is 1. The molecule has 3 heteroatoms. The van der Waals surface area contributed by atoms with Gasteiger partial charge in [0.15, 0.2) is 0 Å². The van der Waals surface area contributed by atoms with E-state index >= 15 is 0 Å². The van der Waals surface area contributed by atoms with E-state index in [-0.39, 0.29) is 12.0 Å². The Bertz CT molecular complexity index is 374. The highest BCUT2D eigenvalue weighted by Gasteiger charge is 2.18. The minimum absolute atomic E-state index is 0.0140. The third kappa shape index (κ3) is 1.71. The zero-order valence-corrected chi connectivity index (χ0v) is 8.33. The Morgan fingerprint density at radius 2 is 2.29 bits per heavy atom. The van der Waals surface area contributed by atoms with Gasteiger partial charge in [0.05, 0.1) is 12.1 Å². The molecule has 0 saturated carbocycles. The first kappa shape index (κ1) is 9.06. The van der Waals surface area contributed by atoms with Crippen molar-refractivity contribution in [2.75, 3.05) is 5.32 Å². The van der Waals surface area contributed by atoms with Crippen molar-refractivity contribution in [1.29, 1.82) is 0 Å². The van der Waals surface area contributed by atoms with E-state index in [1.165, 1.54) is 0 Å². The molecule has 74 valence electrons. The Kier molecular flexibility index (Phi) is 2.15. The van der Waals surface area contributed by atoms with Crippen molar-refractivity contribution in [2.24, 2.45) is 0 Å². The minimum Gasteiger partial charge on any atom is -0.488 e. The molecule has 0 aliphatic carbocycles. The number of aryl methyl sites for hydroxylation is 1. The predicted molar refractivity (Wildman–Crippen MR) is 54.5 cm³/mol. The van der Waals surface area contributed by atoms with Crippen LogP contribution < -0.4 is 10.1 Å². The summed E-state index contributed by atoms with van der Waals surface area (Å²) >= 11 is 0. The first-order valence-electron chi connectivity index (χ1n) is 4.72. The molecule has 3 nitrogen and oxygen atoms in total. The quantitative estimate of drug-likeness (QED) is 0.682. The zero-order chi connectivity index (χ0) is 10.1. The summed E-state index contributed by atoms with van der Waals surface area (Å²) in [4.78, 5) is 11.4. The number of ether oxygens (including phenoxy) is 1. The molecular formula is C11H13NO2. The average molecular weight is 191 g/mol. The van der Waals surface area contributed by atoms with E-state index in [0.717, 1.165) is 17.0 Å². The van der Waals surface area contributed by atoms with Gasteiger partial charge in [0, 0.05) is 0 Å². The summed E-state index contributed by atoms with van der Waals surface area (Å²) in [5, 5.41) is 2.82. The van der Waals surface area contributed by atoms with Gasteiger partial charge in [-0.3, -0.25) is 4.79 Å². The fourth-order valence-electron chi connectivity index (χ4n) is 1.55. The Balaban J connectivity index is 2.41. The fraction of sp³-hybridized carbons (Fsp3) is 0.364. The first-order valence-corrected chi connectivity index (χ1v) is 4.72. The lowest BCUT2D eigenvalue weighted by molar-refractivity contribution is -0.117. The average Bonchev–Trinajstić information content (AvgIpc) is 2.21. The molecule has 0 radical (unpaired) electrons. The van der Waals surface area contributed by atoms with Crippen LogP contribution in [0, 0.1) is 6.92 Å². The van der Waals surface area contributed by atoms with Crippen LogP contribution in [0.2, 0.25) is 0 Å². The molecule has 0 saturated heterocycles. The molecule has 1 heterocycles. The first-order chi connectivity index (χ1) is 6.65. The number of anilines is 1. The van der Waals surface area contributed by atoms with E-state index in [2.05, 4.69) is 5.32 Å². The van der Waals surface area contributed by atoms with Crippen molar-refractivity contribution in [3.8, 4) is 5.75 Å². The Morgan fingerprint density at radius 3 is 3.07 bits per heavy atom. The molecule has 0 aromatic heterocycles. The van der Waals surface area contributed by atoms with E-state index < -0.39 is 0 Å². The summed E-state index contributed by atoms with van der Waals surface area (Å²) in [6.45, 7) is 3.90. The van der Waals surface area contributed by atoms with Crippen molar-refractivity contribution < 1.29 is 9.53 Å². The molecule has 1 amide bonds. The van der Waals surface area contributed by atoms with Crippen LogP contribution in [0.3, 0.4) is 0 Å². The number of carbonyl (C=O) groups excluding carboxylic acids is 1. The Morgan fingerprint density at radius 1 is 1.50 bits per heavy atom. The second-order valence-corrected chi connectivity index (χ2v) is 3.68. The topological polar surface area (TPSA) is 38.3 Å². The summed E-state index contributed by atoms with van der Waals surface area (Å²) in [5.74, 6) is 0.781. The highest BCUT2D eigenvalue weighted by molar-refractivity contribution is 5.93. The molecule has 1 aromatic carbocycles. The van der Waals surface area contributed by atoms with Crippen LogP contribution in [0.15, 0.2) is 18.2 Å². The number of hydrogen-bond acceptors (Lipinski definition) is 2. The maximum absolute atomic E-state index is 11.4. The molecule has 1 atom stereocenters. The van der Waals surface area contributed by atoms with E-state index in [9.17, 15) is 4.79 Å². The second-order valence-electron chi connectivity index (χ2n) is 3.68. The molecule has 2 rings (SSSR count). The summed E-state index contributed by atoms with van der Waals surface area (Å²) in [6.07, 6.45) is 0.353. The summed E-state index contributed by atoms with van der Waals surface area (Å²) in [6, 6.07) is 5.77. The lowest BCUT2D eigenvalue weighted by Gasteiger charge is -2.11. The van der Waals surface area contributed by atoms with Crippen molar-refractivity contribution >= 4 is 11.6 Å². The van der Waals surface area contributed by atoms with Crippen molar-refractivity contribution in [3.63, 3.8) is 0 Å². The smallest absolute Gasteiger partial charge is 0.228 e. The molecule has 0 fully saturated rings. The summed E-state index contributed by atoms with van der Waals surface area (Å²) in [7, 11) is 0. The zero-order valence-electron chi connectivity index (χ0n) is 8.33. The van der Waals surface area contributed by atoms with Crippen LogP contribution in [-0.2, 0) is 4.79 Å². The minimum atomic E-state index is -0.0574. The van der Waals surface area contributed by atoms with Gasteiger partial charge in [-0.1, -0.05) is 6.07 Å². The van der Waals surface area contributed by atoms with Gasteiger partial charge >= 0.3 is 0 Å². The molecular weight excluding hydrogens is 178 g/mol. The van der Waals surface area contributed by atoms with E-state index in [0.29, 0.717) is 6.42 Å². The molecule has 14 heavy (non-hydrogen) atoms. The molecule has 0 bridgehead atoms. The van der Waals surface area contributed by atoms with Gasteiger partial charge in [-0.25, -0.2) is 0 Å². The molecule has 1 aliphatic heterocycles. The van der Waals surface area contributed by atoms with Crippen LogP contribution in [0.1, 0.15) is 18.9 Å². The van der Waals surface area contributed by atoms with Crippen LogP contribution in [-0.4, -0.2) is 12.0 Å². The van der Waals surface area contributed by atoms with Gasteiger partial charge in [-0.2, -0.15) is 0 Å². The predicted octanol–water partition coefficient (Wildman–Crippen LogP) is 2.10. The van der Waals surface area contributed by atoms with E-state index in [1.807, 2.05) is 32.0 Å². The molecule has 1 aromatic rings. The van der Waals surface area contributed by atoms with Gasteiger partial charge in [-0.15, -0.1) is 0 Å². The van der Waals surface area contributed by atoms with Crippen LogP contribution in [0.5, 0.6) is 5.75 Å². The molecule has 0 spiro atoms.